The van der Waals surface area contributed by atoms with Crippen LogP contribution >= 0.6 is 0 Å². The molecule has 2 aromatic rings. The highest BCUT2D eigenvalue weighted by Gasteiger charge is 2.22. The van der Waals surface area contributed by atoms with Crippen LogP contribution in [-0.2, 0) is 4.74 Å². The molecule has 0 aromatic heterocycles. The second-order valence-corrected chi connectivity index (χ2v) is 8.22. The van der Waals surface area contributed by atoms with Crippen LogP contribution in [0.25, 0.3) is 12.2 Å². The summed E-state index contributed by atoms with van der Waals surface area (Å²) < 4.78 is 5.44. The summed E-state index contributed by atoms with van der Waals surface area (Å²) in [6.07, 6.45) is 8.61. The minimum atomic E-state index is -0.958. The molecule has 32 heavy (non-hydrogen) atoms. The van der Waals surface area contributed by atoms with Gasteiger partial charge in [-0.05, 0) is 62.6 Å². The maximum atomic E-state index is 12.5. The van der Waals surface area contributed by atoms with Crippen LogP contribution < -0.4 is 9.80 Å². The van der Waals surface area contributed by atoms with E-state index in [0.717, 1.165) is 17.5 Å². The van der Waals surface area contributed by atoms with E-state index < -0.39 is 17.8 Å². The lowest BCUT2D eigenvalue weighted by molar-refractivity contribution is 0.0585. The lowest BCUT2D eigenvalue weighted by Gasteiger charge is -2.26. The zero-order valence-electron chi connectivity index (χ0n) is 19.0. The number of carboxylic acid groups (broad SMARTS) is 1. The molecule has 0 atom stereocenters. The van der Waals surface area contributed by atoms with E-state index in [-0.39, 0.29) is 6.54 Å². The van der Waals surface area contributed by atoms with Gasteiger partial charge >= 0.3 is 12.2 Å². The first-order chi connectivity index (χ1) is 15.1. The molecule has 6 nitrogen and oxygen atoms in total. The molecule has 0 heterocycles. The summed E-state index contributed by atoms with van der Waals surface area (Å²) in [5.41, 5.74) is 2.59. The Bertz CT molecular complexity index is 980. The van der Waals surface area contributed by atoms with Gasteiger partial charge in [0.15, 0.2) is 0 Å². The zero-order chi connectivity index (χ0) is 23.7. The van der Waals surface area contributed by atoms with Crippen molar-refractivity contribution < 1.29 is 19.4 Å². The summed E-state index contributed by atoms with van der Waals surface area (Å²) in [4.78, 5) is 26.6. The zero-order valence-corrected chi connectivity index (χ0v) is 19.0. The maximum Gasteiger partial charge on any atom is 0.415 e. The summed E-state index contributed by atoms with van der Waals surface area (Å²) >= 11 is 0. The third-order valence-electron chi connectivity index (χ3n) is 4.42. The van der Waals surface area contributed by atoms with Crippen LogP contribution in [0.15, 0.2) is 48.5 Å². The fraction of sp³-hybridized carbons (Fsp3) is 0.308. The fourth-order valence-electron chi connectivity index (χ4n) is 2.95. The average Bonchev–Trinajstić information content (AvgIpc) is 2.74. The van der Waals surface area contributed by atoms with E-state index in [9.17, 15) is 14.7 Å². The highest BCUT2D eigenvalue weighted by atomic mass is 16.6. The predicted molar refractivity (Wildman–Crippen MR) is 130 cm³/mol. The number of hydrogen-bond acceptors (Lipinski definition) is 3. The second-order valence-electron chi connectivity index (χ2n) is 8.22. The Hall–Kier alpha value is -3.72. The first-order valence-electron chi connectivity index (χ1n) is 10.5. The third kappa shape index (κ3) is 7.21. The minimum Gasteiger partial charge on any atom is -0.465 e. The van der Waals surface area contributed by atoms with E-state index in [2.05, 4.69) is 5.92 Å². The molecule has 168 valence electrons. The van der Waals surface area contributed by atoms with E-state index in [0.29, 0.717) is 17.9 Å². The third-order valence-corrected chi connectivity index (χ3v) is 4.42. The van der Waals surface area contributed by atoms with Gasteiger partial charge in [0, 0.05) is 17.9 Å². The highest BCUT2D eigenvalue weighted by molar-refractivity contribution is 5.89. The number of benzene rings is 2. The second kappa shape index (κ2) is 11.1. The molecule has 0 fully saturated rings. The molecular formula is C26H30N2O4. The van der Waals surface area contributed by atoms with Crippen LogP contribution in [0.4, 0.5) is 21.0 Å². The van der Waals surface area contributed by atoms with E-state index in [1.807, 2.05) is 76.2 Å². The summed E-state index contributed by atoms with van der Waals surface area (Å²) in [7, 11) is 0. The Morgan fingerprint density at radius 2 is 1.44 bits per heavy atom. The number of carbonyl (C=O) groups excluding carboxylic acids is 1. The smallest absolute Gasteiger partial charge is 0.415 e. The topological polar surface area (TPSA) is 70.1 Å². The number of carbonyl (C=O) groups is 2. The van der Waals surface area contributed by atoms with Crippen LogP contribution in [0.2, 0.25) is 0 Å². The van der Waals surface area contributed by atoms with Crippen molar-refractivity contribution in [2.24, 2.45) is 0 Å². The number of amides is 2. The largest absolute Gasteiger partial charge is 0.465 e. The van der Waals surface area contributed by atoms with Crippen LogP contribution in [0.3, 0.4) is 0 Å². The van der Waals surface area contributed by atoms with E-state index in [1.54, 1.807) is 12.1 Å². The first kappa shape index (κ1) is 24.5. The van der Waals surface area contributed by atoms with Crippen molar-refractivity contribution in [1.82, 2.24) is 0 Å². The van der Waals surface area contributed by atoms with Gasteiger partial charge in [-0.1, -0.05) is 49.3 Å². The Labute approximate surface area is 190 Å². The molecule has 0 unspecified atom stereocenters. The SMILES string of the molecule is C#CCN(C(=O)OC(C)(C)C)c1ccc(C=Cc2ccc(N(CCC)C(=O)O)cc2)cc1. The standard InChI is InChI=1S/C26H30N2O4/c1-6-18-27(24(29)30)22-14-10-20(11-15-22)8-9-21-12-16-23(17-13-21)28(19-7-2)25(31)32-26(3,4)5/h2,8-17H,6,18-19H2,1,3-5H3,(H,29,30). The van der Waals surface area contributed by atoms with Crippen LogP contribution in [0.1, 0.15) is 45.2 Å². The van der Waals surface area contributed by atoms with E-state index >= 15 is 0 Å². The first-order valence-corrected chi connectivity index (χ1v) is 10.5. The molecule has 0 aliphatic heterocycles. The number of nitrogens with zero attached hydrogens (tertiary/aromatic N) is 2. The van der Waals surface area contributed by atoms with Crippen molar-refractivity contribution in [2.75, 3.05) is 22.9 Å². The highest BCUT2D eigenvalue weighted by Crippen LogP contribution is 2.21. The maximum absolute atomic E-state index is 12.5. The fourth-order valence-corrected chi connectivity index (χ4v) is 2.95. The Balaban J connectivity index is 2.12. The van der Waals surface area contributed by atoms with Crippen molar-refractivity contribution in [2.45, 2.75) is 39.7 Å². The van der Waals surface area contributed by atoms with Gasteiger partial charge in [0.25, 0.3) is 0 Å². The molecular weight excluding hydrogens is 404 g/mol. The van der Waals surface area contributed by atoms with Gasteiger partial charge in [0.05, 0.1) is 6.54 Å². The molecule has 1 N–H and O–H groups in total. The van der Waals surface area contributed by atoms with Crippen molar-refractivity contribution in [3.63, 3.8) is 0 Å². The van der Waals surface area contributed by atoms with Crippen LogP contribution in [0, 0.1) is 12.3 Å². The van der Waals surface area contributed by atoms with Crippen molar-refractivity contribution in [1.29, 1.82) is 0 Å². The van der Waals surface area contributed by atoms with Gasteiger partial charge in [0.2, 0.25) is 0 Å². The van der Waals surface area contributed by atoms with E-state index in [4.69, 9.17) is 11.2 Å². The molecule has 6 heteroatoms. The van der Waals surface area contributed by atoms with Crippen LogP contribution in [0.5, 0.6) is 0 Å². The molecule has 0 saturated heterocycles. The summed E-state index contributed by atoms with van der Waals surface area (Å²) in [6, 6.07) is 14.8. The number of terminal acetylenes is 1. The normalized spacial score (nSPS) is 11.1. The number of hydrogen-bond donors (Lipinski definition) is 1. The molecule has 0 aliphatic carbocycles. The van der Waals surface area contributed by atoms with Crippen molar-refractivity contribution >= 4 is 35.7 Å². The lowest BCUT2D eigenvalue weighted by Crippen LogP contribution is -2.37. The van der Waals surface area contributed by atoms with Gasteiger partial charge in [-0.3, -0.25) is 9.80 Å². The summed E-state index contributed by atoms with van der Waals surface area (Å²) in [5, 5.41) is 9.33. The molecule has 0 spiro atoms. The van der Waals surface area contributed by atoms with E-state index in [1.165, 1.54) is 9.80 Å². The van der Waals surface area contributed by atoms with Crippen molar-refractivity contribution in [3.8, 4) is 12.3 Å². The van der Waals surface area contributed by atoms with Crippen molar-refractivity contribution in [3.05, 3.63) is 59.7 Å². The van der Waals surface area contributed by atoms with Gasteiger partial charge in [-0.2, -0.15) is 0 Å². The number of anilines is 2. The number of rotatable bonds is 7. The molecule has 2 amide bonds. The van der Waals surface area contributed by atoms with Gasteiger partial charge in [-0.15, -0.1) is 6.42 Å². The summed E-state index contributed by atoms with van der Waals surface area (Å²) in [6.45, 7) is 7.93. The lowest BCUT2D eigenvalue weighted by atomic mass is 10.1. The Morgan fingerprint density at radius 3 is 1.81 bits per heavy atom. The molecule has 2 rings (SSSR count). The monoisotopic (exact) mass is 434 g/mol. The van der Waals surface area contributed by atoms with Gasteiger partial charge in [0.1, 0.15) is 5.60 Å². The quantitative estimate of drug-likeness (QED) is 0.421. The molecule has 0 radical (unpaired) electrons. The predicted octanol–water partition coefficient (Wildman–Crippen LogP) is 6.13. The Morgan fingerprint density at radius 1 is 0.969 bits per heavy atom. The molecule has 2 aromatic carbocycles. The molecule has 0 bridgehead atoms. The average molecular weight is 435 g/mol. The minimum absolute atomic E-state index is 0.113. The summed E-state index contributed by atoms with van der Waals surface area (Å²) in [5.74, 6) is 2.49. The molecule has 0 saturated carbocycles. The van der Waals surface area contributed by atoms with Gasteiger partial charge in [-0.25, -0.2) is 9.59 Å². The molecule has 0 aliphatic rings. The Kier molecular flexibility index (Phi) is 8.48. The van der Waals surface area contributed by atoms with Gasteiger partial charge < -0.3 is 9.84 Å². The van der Waals surface area contributed by atoms with Crippen LogP contribution in [-0.4, -0.2) is 36.0 Å². The number of ether oxygens (including phenoxy) is 1.